The summed E-state index contributed by atoms with van der Waals surface area (Å²) in [7, 11) is 0. The molecule has 59 heavy (non-hydrogen) atoms. The summed E-state index contributed by atoms with van der Waals surface area (Å²) in [5.41, 5.74) is 0. The molecule has 0 heterocycles. The molecule has 10 nitrogen and oxygen atoms in total. The highest BCUT2D eigenvalue weighted by Crippen LogP contribution is 2.17. The Morgan fingerprint density at radius 2 is 0.898 bits per heavy atom. The molecule has 0 rings (SSSR count). The fourth-order valence-corrected chi connectivity index (χ4v) is 7.53. The van der Waals surface area contributed by atoms with Gasteiger partial charge in [0.25, 0.3) is 0 Å². The van der Waals surface area contributed by atoms with E-state index in [2.05, 4.69) is 37.9 Å². The van der Waals surface area contributed by atoms with Gasteiger partial charge >= 0.3 is 12.2 Å². The minimum Gasteiger partial charge on any atom is -0.449 e. The first-order valence-electron chi connectivity index (χ1n) is 25.3. The maximum Gasteiger partial charge on any atom is 0.508 e. The highest BCUT2D eigenvalue weighted by Gasteiger charge is 2.16. The summed E-state index contributed by atoms with van der Waals surface area (Å²) in [6, 6.07) is 0. The molecule has 0 aromatic carbocycles. The Morgan fingerprint density at radius 3 is 1.42 bits per heavy atom. The van der Waals surface area contributed by atoms with E-state index in [1.54, 1.807) is 0 Å². The minimum atomic E-state index is -0.504. The second-order valence-electron chi connectivity index (χ2n) is 17.0. The molecule has 0 saturated carbocycles. The molecule has 0 aromatic heterocycles. The quantitative estimate of drug-likeness (QED) is 0.0460. The first kappa shape index (κ1) is 56.9. The van der Waals surface area contributed by atoms with E-state index in [4.69, 9.17) is 19.3 Å². The van der Waals surface area contributed by atoms with Crippen molar-refractivity contribution in [3.63, 3.8) is 0 Å². The van der Waals surface area contributed by atoms with E-state index in [0.717, 1.165) is 135 Å². The topological polar surface area (TPSA) is 118 Å². The third-order valence-electron chi connectivity index (χ3n) is 11.3. The van der Waals surface area contributed by atoms with Crippen LogP contribution in [-0.2, 0) is 19.0 Å². The number of nitrogens with one attached hydrogen (secondary N) is 1. The van der Waals surface area contributed by atoms with E-state index in [1.165, 1.54) is 96.3 Å². The lowest BCUT2D eigenvalue weighted by atomic mass is 10.0. The van der Waals surface area contributed by atoms with Gasteiger partial charge in [0.1, 0.15) is 6.10 Å². The molecule has 2 N–H and O–H groups in total. The fourth-order valence-electron chi connectivity index (χ4n) is 7.53. The number of rotatable bonds is 45. The molecule has 0 aliphatic carbocycles. The highest BCUT2D eigenvalue weighted by atomic mass is 16.7. The lowest BCUT2D eigenvalue weighted by Gasteiger charge is -2.23. The van der Waals surface area contributed by atoms with E-state index in [9.17, 15) is 14.4 Å². The van der Waals surface area contributed by atoms with Crippen LogP contribution in [0.2, 0.25) is 0 Å². The van der Waals surface area contributed by atoms with Crippen molar-refractivity contribution in [1.82, 2.24) is 15.1 Å². The maximum atomic E-state index is 12.9. The number of nitrogens with zero attached hydrogens (tertiary/aromatic N) is 2. The normalized spacial score (nSPS) is 11.8. The summed E-state index contributed by atoms with van der Waals surface area (Å²) >= 11 is 0. The summed E-state index contributed by atoms with van der Waals surface area (Å²) in [6.07, 6.45) is 34.4. The van der Waals surface area contributed by atoms with Crippen molar-refractivity contribution < 1.29 is 33.7 Å². The summed E-state index contributed by atoms with van der Waals surface area (Å²) in [4.78, 5) is 41.7. The van der Waals surface area contributed by atoms with Crippen molar-refractivity contribution in [2.45, 2.75) is 239 Å². The van der Waals surface area contributed by atoms with Crippen LogP contribution in [0.4, 0.5) is 9.59 Å². The number of carbonyl (C=O) groups is 3. The van der Waals surface area contributed by atoms with E-state index in [1.807, 2.05) is 4.90 Å². The Bertz CT molecular complexity index is 924. The zero-order chi connectivity index (χ0) is 43.3. The number of aliphatic hydroxyl groups excluding tert-OH is 1. The van der Waals surface area contributed by atoms with Crippen LogP contribution in [0.25, 0.3) is 0 Å². The highest BCUT2D eigenvalue weighted by molar-refractivity contribution is 5.75. The lowest BCUT2D eigenvalue weighted by molar-refractivity contribution is -0.121. The van der Waals surface area contributed by atoms with Crippen LogP contribution in [-0.4, -0.2) is 98.3 Å². The standard InChI is InChI=1S/C49H97N3O7/c1-5-9-13-17-19-26-35-46(34-25-15-11-7-3)59-49(56)58-45-32-24-22-28-39-51(40-33-37-50-47(54)36-43-53)38-27-21-23-31-44-57-48(55)52(41-29-16-12-8-4)42-30-20-18-14-10-6-2/h46,53H,5-45H2,1-4H3,(H,50,54). The van der Waals surface area contributed by atoms with Gasteiger partial charge in [0.15, 0.2) is 0 Å². The van der Waals surface area contributed by atoms with Crippen LogP contribution in [0.1, 0.15) is 233 Å². The monoisotopic (exact) mass is 840 g/mol. The molecule has 0 bridgehead atoms. The third kappa shape index (κ3) is 39.8. The van der Waals surface area contributed by atoms with Crippen molar-refractivity contribution >= 4 is 18.2 Å². The average molecular weight is 840 g/mol. The number of amides is 2. The molecule has 0 aliphatic rings. The van der Waals surface area contributed by atoms with Crippen LogP contribution in [0.15, 0.2) is 0 Å². The number of aliphatic hydroxyl groups is 1. The Kier molecular flexibility index (Phi) is 43.9. The van der Waals surface area contributed by atoms with Gasteiger partial charge in [-0.3, -0.25) is 4.79 Å². The molecule has 350 valence electrons. The van der Waals surface area contributed by atoms with Crippen molar-refractivity contribution in [3.05, 3.63) is 0 Å². The van der Waals surface area contributed by atoms with Crippen molar-refractivity contribution in [2.24, 2.45) is 0 Å². The van der Waals surface area contributed by atoms with Gasteiger partial charge in [-0.2, -0.15) is 0 Å². The number of ether oxygens (including phenoxy) is 3. The number of unbranched alkanes of at least 4 members (excludes halogenated alkanes) is 22. The largest absolute Gasteiger partial charge is 0.508 e. The van der Waals surface area contributed by atoms with E-state index < -0.39 is 6.16 Å². The zero-order valence-corrected chi connectivity index (χ0v) is 39.4. The van der Waals surface area contributed by atoms with Gasteiger partial charge in [-0.1, -0.05) is 156 Å². The molecule has 0 spiro atoms. The van der Waals surface area contributed by atoms with Crippen LogP contribution in [0.5, 0.6) is 0 Å². The van der Waals surface area contributed by atoms with Crippen LogP contribution in [0, 0.1) is 0 Å². The van der Waals surface area contributed by atoms with Gasteiger partial charge in [0.2, 0.25) is 5.91 Å². The Labute approximate surface area is 364 Å². The summed E-state index contributed by atoms with van der Waals surface area (Å²) in [5, 5.41) is 11.9. The van der Waals surface area contributed by atoms with Gasteiger partial charge in [-0.05, 0) is 90.3 Å². The van der Waals surface area contributed by atoms with Gasteiger partial charge < -0.3 is 34.4 Å². The fraction of sp³-hybridized carbons (Fsp3) is 0.939. The number of hydrogen-bond acceptors (Lipinski definition) is 8. The van der Waals surface area contributed by atoms with Gasteiger partial charge in [-0.25, -0.2) is 9.59 Å². The number of hydrogen-bond donors (Lipinski definition) is 2. The van der Waals surface area contributed by atoms with Crippen LogP contribution < -0.4 is 5.32 Å². The van der Waals surface area contributed by atoms with Crippen molar-refractivity contribution in [1.29, 1.82) is 0 Å². The Hall–Kier alpha value is -2.07. The molecular weight excluding hydrogens is 743 g/mol. The predicted octanol–water partition coefficient (Wildman–Crippen LogP) is 12.9. The van der Waals surface area contributed by atoms with E-state index >= 15 is 0 Å². The second kappa shape index (κ2) is 45.5. The molecule has 0 aromatic rings. The predicted molar refractivity (Wildman–Crippen MR) is 246 cm³/mol. The van der Waals surface area contributed by atoms with Crippen LogP contribution >= 0.6 is 0 Å². The summed E-state index contributed by atoms with van der Waals surface area (Å²) < 4.78 is 17.1. The molecule has 1 unspecified atom stereocenters. The molecule has 1 atom stereocenters. The first-order valence-corrected chi connectivity index (χ1v) is 25.3. The lowest BCUT2D eigenvalue weighted by Crippen LogP contribution is -2.33. The third-order valence-corrected chi connectivity index (χ3v) is 11.3. The number of carbonyl (C=O) groups excluding carboxylic acids is 3. The molecule has 0 radical (unpaired) electrons. The molecule has 0 aliphatic heterocycles. The molecule has 2 amide bonds. The first-order chi connectivity index (χ1) is 28.9. The SMILES string of the molecule is CCCCCCCCC(CCCCCC)OC(=O)OCCCCCCN(CCCCCCOC(=O)N(CCCCCC)CCCCCCCC)CCCNC(=O)CCO. The summed E-state index contributed by atoms with van der Waals surface area (Å²) in [5.74, 6) is -0.104. The van der Waals surface area contributed by atoms with Crippen molar-refractivity contribution in [3.8, 4) is 0 Å². The van der Waals surface area contributed by atoms with Crippen LogP contribution in [0.3, 0.4) is 0 Å². The smallest absolute Gasteiger partial charge is 0.449 e. The molecular formula is C49H97N3O7. The molecule has 10 heteroatoms. The summed E-state index contributed by atoms with van der Waals surface area (Å²) in [6.45, 7) is 14.8. The van der Waals surface area contributed by atoms with Gasteiger partial charge in [0, 0.05) is 26.1 Å². The Balaban J connectivity index is 4.57. The van der Waals surface area contributed by atoms with E-state index in [-0.39, 0.29) is 31.1 Å². The zero-order valence-electron chi connectivity index (χ0n) is 39.4. The van der Waals surface area contributed by atoms with E-state index in [0.29, 0.717) is 19.8 Å². The van der Waals surface area contributed by atoms with Gasteiger partial charge in [0.05, 0.1) is 19.8 Å². The maximum absolute atomic E-state index is 12.9. The second-order valence-corrected chi connectivity index (χ2v) is 17.0. The molecule has 0 fully saturated rings. The minimum absolute atomic E-state index is 0.0301. The Morgan fingerprint density at radius 1 is 0.492 bits per heavy atom. The average Bonchev–Trinajstić information content (AvgIpc) is 3.23. The molecule has 0 saturated heterocycles. The van der Waals surface area contributed by atoms with Crippen molar-refractivity contribution in [2.75, 3.05) is 59.1 Å². The van der Waals surface area contributed by atoms with Gasteiger partial charge in [-0.15, -0.1) is 0 Å².